The molecule has 19 heavy (non-hydrogen) atoms. The number of anilines is 1. The lowest BCUT2D eigenvalue weighted by Crippen LogP contribution is -2.29. The number of rotatable bonds is 6. The monoisotopic (exact) mass is 392 g/mol. The largest absolute Gasteiger partial charge is 0.481 e. The second-order valence-electron chi connectivity index (χ2n) is 5.08. The summed E-state index contributed by atoms with van der Waals surface area (Å²) < 4.78 is 1.81. The Balaban J connectivity index is 2.53. The topological polar surface area (TPSA) is 75.3 Å². The third-order valence-electron chi connectivity index (χ3n) is 3.00. The van der Waals surface area contributed by atoms with E-state index >= 15 is 0 Å². The van der Waals surface area contributed by atoms with Gasteiger partial charge in [0.15, 0.2) is 0 Å². The fraction of sp³-hybridized carbons (Fsp3) is 0.462. The molecule has 0 unspecified atom stereocenters. The lowest BCUT2D eigenvalue weighted by Gasteiger charge is -2.19. The van der Waals surface area contributed by atoms with Crippen LogP contribution in [0.1, 0.15) is 25.8 Å². The molecule has 4 nitrogen and oxygen atoms in total. The van der Waals surface area contributed by atoms with Gasteiger partial charge in [0.1, 0.15) is 0 Å². The van der Waals surface area contributed by atoms with Crippen LogP contribution in [-0.2, 0) is 11.3 Å². The van der Waals surface area contributed by atoms with Crippen molar-refractivity contribution >= 4 is 43.5 Å². The molecule has 1 rings (SSSR count). The van der Waals surface area contributed by atoms with Crippen molar-refractivity contribution in [1.82, 2.24) is 5.32 Å². The summed E-state index contributed by atoms with van der Waals surface area (Å²) in [6, 6.07) is 3.85. The van der Waals surface area contributed by atoms with Crippen LogP contribution in [0.2, 0.25) is 0 Å². The Bertz CT molecular complexity index is 476. The third-order valence-corrected chi connectivity index (χ3v) is 4.12. The Kier molecular flexibility index (Phi) is 5.82. The molecule has 0 fully saturated rings. The van der Waals surface area contributed by atoms with Crippen LogP contribution in [0.5, 0.6) is 0 Å². The fourth-order valence-corrected chi connectivity index (χ4v) is 2.83. The second-order valence-corrected chi connectivity index (χ2v) is 6.85. The van der Waals surface area contributed by atoms with Crippen LogP contribution >= 0.6 is 31.9 Å². The summed E-state index contributed by atoms with van der Waals surface area (Å²) >= 11 is 6.81. The molecule has 1 aromatic carbocycles. The third kappa shape index (κ3) is 4.78. The van der Waals surface area contributed by atoms with Gasteiger partial charge in [-0.2, -0.15) is 0 Å². The van der Waals surface area contributed by atoms with Gasteiger partial charge in [0.2, 0.25) is 0 Å². The van der Waals surface area contributed by atoms with E-state index in [9.17, 15) is 4.79 Å². The van der Waals surface area contributed by atoms with Gasteiger partial charge in [-0.25, -0.2) is 0 Å². The normalized spacial score (nSPS) is 11.6. The number of carboxylic acids is 1. The number of benzene rings is 1. The van der Waals surface area contributed by atoms with Crippen LogP contribution in [-0.4, -0.2) is 17.6 Å². The highest BCUT2D eigenvalue weighted by Crippen LogP contribution is 2.28. The summed E-state index contributed by atoms with van der Waals surface area (Å²) in [5, 5.41) is 12.2. The van der Waals surface area contributed by atoms with Crippen LogP contribution in [0.15, 0.2) is 21.1 Å². The van der Waals surface area contributed by atoms with Crippen molar-refractivity contribution in [2.24, 2.45) is 5.41 Å². The summed E-state index contributed by atoms with van der Waals surface area (Å²) in [7, 11) is 0. The molecule has 6 heteroatoms. The number of nitrogens with two attached hydrogens (primary N) is 1. The number of hydrogen-bond donors (Lipinski definition) is 3. The standard InChI is InChI=1S/C13H18Br2N2O2/c1-13(2,12(18)19)3-4-17-7-8-5-9(14)6-10(15)11(8)16/h5-6,17H,3-4,7,16H2,1-2H3,(H,18,19). The quantitative estimate of drug-likeness (QED) is 0.511. The maximum absolute atomic E-state index is 11.0. The van der Waals surface area contributed by atoms with Crippen molar-refractivity contribution in [1.29, 1.82) is 0 Å². The molecule has 1 aromatic rings. The maximum atomic E-state index is 11.0. The number of hydrogen-bond acceptors (Lipinski definition) is 3. The van der Waals surface area contributed by atoms with Gasteiger partial charge in [-0.05, 0) is 60.4 Å². The van der Waals surface area contributed by atoms with Gasteiger partial charge < -0.3 is 16.2 Å². The first-order valence-electron chi connectivity index (χ1n) is 5.91. The first-order chi connectivity index (χ1) is 8.74. The van der Waals surface area contributed by atoms with Crippen LogP contribution < -0.4 is 11.1 Å². The van der Waals surface area contributed by atoms with E-state index < -0.39 is 11.4 Å². The minimum Gasteiger partial charge on any atom is -0.481 e. The zero-order valence-electron chi connectivity index (χ0n) is 11.0. The average molecular weight is 394 g/mol. The number of carboxylic acid groups (broad SMARTS) is 1. The summed E-state index contributed by atoms with van der Waals surface area (Å²) in [4.78, 5) is 11.0. The summed E-state index contributed by atoms with van der Waals surface area (Å²) in [6.45, 7) is 4.69. The molecule has 0 saturated heterocycles. The van der Waals surface area contributed by atoms with E-state index in [4.69, 9.17) is 10.8 Å². The van der Waals surface area contributed by atoms with Gasteiger partial charge in [-0.3, -0.25) is 4.79 Å². The predicted molar refractivity (Wildman–Crippen MR) is 84.0 cm³/mol. The summed E-state index contributed by atoms with van der Waals surface area (Å²) in [5.74, 6) is -0.779. The second kappa shape index (κ2) is 6.72. The van der Waals surface area contributed by atoms with Gasteiger partial charge in [0, 0.05) is 15.5 Å². The van der Waals surface area contributed by atoms with E-state index in [1.165, 1.54) is 0 Å². The molecule has 0 spiro atoms. The molecule has 0 heterocycles. The van der Waals surface area contributed by atoms with E-state index in [2.05, 4.69) is 37.2 Å². The van der Waals surface area contributed by atoms with Crippen molar-refractivity contribution < 1.29 is 9.90 Å². The summed E-state index contributed by atoms with van der Waals surface area (Å²) in [6.07, 6.45) is 0.567. The molecular formula is C13H18Br2N2O2. The van der Waals surface area contributed by atoms with Gasteiger partial charge in [-0.1, -0.05) is 15.9 Å². The number of halogens is 2. The van der Waals surface area contributed by atoms with E-state index in [-0.39, 0.29) is 0 Å². The van der Waals surface area contributed by atoms with E-state index in [1.54, 1.807) is 13.8 Å². The molecule has 0 aliphatic heterocycles. The molecule has 0 bridgehead atoms. The SMILES string of the molecule is CC(C)(CCNCc1cc(Br)cc(Br)c1N)C(=O)O. The first kappa shape index (κ1) is 16.5. The molecule has 0 atom stereocenters. The lowest BCUT2D eigenvalue weighted by atomic mass is 9.90. The molecule has 0 aliphatic rings. The minimum atomic E-state index is -0.779. The molecule has 0 saturated carbocycles. The van der Waals surface area contributed by atoms with Crippen molar-refractivity contribution in [2.45, 2.75) is 26.8 Å². The predicted octanol–water partition coefficient (Wildman–Crippen LogP) is 3.38. The Morgan fingerprint density at radius 2 is 2.05 bits per heavy atom. The molecule has 0 aromatic heterocycles. The van der Waals surface area contributed by atoms with Gasteiger partial charge in [0.05, 0.1) is 11.1 Å². The fourth-order valence-electron chi connectivity index (χ4n) is 1.52. The lowest BCUT2D eigenvalue weighted by molar-refractivity contribution is -0.147. The van der Waals surface area contributed by atoms with Crippen molar-refractivity contribution in [3.8, 4) is 0 Å². The number of carbonyl (C=O) groups is 1. The smallest absolute Gasteiger partial charge is 0.309 e. The highest BCUT2D eigenvalue weighted by atomic mass is 79.9. The van der Waals surface area contributed by atoms with Gasteiger partial charge in [0.25, 0.3) is 0 Å². The molecule has 0 amide bonds. The highest BCUT2D eigenvalue weighted by Gasteiger charge is 2.26. The van der Waals surface area contributed by atoms with Crippen LogP contribution in [0.25, 0.3) is 0 Å². The van der Waals surface area contributed by atoms with Crippen molar-refractivity contribution in [3.05, 3.63) is 26.6 Å². The zero-order valence-corrected chi connectivity index (χ0v) is 14.1. The van der Waals surface area contributed by atoms with Crippen molar-refractivity contribution in [3.63, 3.8) is 0 Å². The van der Waals surface area contributed by atoms with Crippen LogP contribution in [0.4, 0.5) is 5.69 Å². The van der Waals surface area contributed by atoms with Crippen LogP contribution in [0.3, 0.4) is 0 Å². The average Bonchev–Trinajstić information content (AvgIpc) is 2.30. The highest BCUT2D eigenvalue weighted by molar-refractivity contribution is 9.11. The maximum Gasteiger partial charge on any atom is 0.309 e. The van der Waals surface area contributed by atoms with Crippen molar-refractivity contribution in [2.75, 3.05) is 12.3 Å². The number of nitrogen functional groups attached to an aromatic ring is 1. The molecule has 106 valence electrons. The molecular weight excluding hydrogens is 376 g/mol. The Labute approximate surface area is 130 Å². The van der Waals surface area contributed by atoms with E-state index in [0.717, 1.165) is 14.5 Å². The first-order valence-corrected chi connectivity index (χ1v) is 7.50. The number of aliphatic carboxylic acids is 1. The summed E-state index contributed by atoms with van der Waals surface area (Å²) in [5.41, 5.74) is 6.94. The molecule has 4 N–H and O–H groups in total. The Hall–Kier alpha value is -0.590. The molecule has 0 radical (unpaired) electrons. The number of nitrogens with one attached hydrogen (secondary N) is 1. The van der Waals surface area contributed by atoms with Gasteiger partial charge in [-0.15, -0.1) is 0 Å². The minimum absolute atomic E-state index is 0.567. The van der Waals surface area contributed by atoms with Crippen LogP contribution in [0, 0.1) is 5.41 Å². The van der Waals surface area contributed by atoms with E-state index in [1.807, 2.05) is 12.1 Å². The molecule has 0 aliphatic carbocycles. The Morgan fingerprint density at radius 3 is 2.63 bits per heavy atom. The van der Waals surface area contributed by atoms with E-state index in [0.29, 0.717) is 25.2 Å². The zero-order chi connectivity index (χ0) is 14.6. The Morgan fingerprint density at radius 1 is 1.42 bits per heavy atom. The van der Waals surface area contributed by atoms with Gasteiger partial charge >= 0.3 is 5.97 Å².